The van der Waals surface area contributed by atoms with Gasteiger partial charge in [-0.2, -0.15) is 0 Å². The molecule has 1 aromatic heterocycles. The minimum Gasteiger partial charge on any atom is -0.497 e. The fourth-order valence-corrected chi connectivity index (χ4v) is 3.65. The Morgan fingerprint density at radius 3 is 2.77 bits per heavy atom. The van der Waals surface area contributed by atoms with Crippen molar-refractivity contribution in [1.29, 1.82) is 0 Å². The maximum Gasteiger partial charge on any atom is 0.233 e. The maximum absolute atomic E-state index is 12.5. The summed E-state index contributed by atoms with van der Waals surface area (Å²) in [7, 11) is 3.45. The van der Waals surface area contributed by atoms with Gasteiger partial charge in [0.05, 0.1) is 18.4 Å². The third kappa shape index (κ3) is 4.32. The minimum absolute atomic E-state index is 0.0539. The molecule has 0 radical (unpaired) electrons. The zero-order chi connectivity index (χ0) is 18.5. The Kier molecular flexibility index (Phi) is 5.73. The topological polar surface area (TPSA) is 55.3 Å². The third-order valence-electron chi connectivity index (χ3n) is 3.99. The zero-order valence-corrected chi connectivity index (χ0v) is 15.9. The number of para-hydroxylation sites is 1. The van der Waals surface area contributed by atoms with Crippen molar-refractivity contribution in [3.63, 3.8) is 0 Å². The molecule has 1 heterocycles. The van der Waals surface area contributed by atoms with Crippen molar-refractivity contribution in [2.75, 3.05) is 19.9 Å². The summed E-state index contributed by atoms with van der Waals surface area (Å²) >= 11 is 1.45. The number of rotatable bonds is 6. The van der Waals surface area contributed by atoms with Gasteiger partial charge in [-0.1, -0.05) is 42.1 Å². The van der Waals surface area contributed by atoms with Crippen LogP contribution in [-0.4, -0.2) is 40.7 Å². The van der Waals surface area contributed by atoms with Crippen LogP contribution >= 0.6 is 11.8 Å². The van der Waals surface area contributed by atoms with Gasteiger partial charge in [-0.3, -0.25) is 4.79 Å². The van der Waals surface area contributed by atoms with Crippen molar-refractivity contribution < 1.29 is 9.53 Å². The molecule has 0 spiro atoms. The van der Waals surface area contributed by atoms with E-state index in [1.165, 1.54) is 11.8 Å². The predicted molar refractivity (Wildman–Crippen MR) is 104 cm³/mol. The first-order valence-electron chi connectivity index (χ1n) is 8.30. The SMILES string of the molecule is COc1cccc(CN(C)C(=O)CSc2nc(C)nc3ccccc23)c1. The second-order valence-electron chi connectivity index (χ2n) is 5.98. The van der Waals surface area contributed by atoms with Gasteiger partial charge < -0.3 is 9.64 Å². The number of aryl methyl sites for hydroxylation is 1. The normalized spacial score (nSPS) is 10.7. The Balaban J connectivity index is 1.67. The van der Waals surface area contributed by atoms with Crippen LogP contribution in [0.25, 0.3) is 10.9 Å². The number of methoxy groups -OCH3 is 1. The van der Waals surface area contributed by atoms with Crippen molar-refractivity contribution in [2.45, 2.75) is 18.5 Å². The monoisotopic (exact) mass is 367 g/mol. The quantitative estimate of drug-likeness (QED) is 0.491. The number of aromatic nitrogens is 2. The van der Waals surface area contributed by atoms with E-state index in [1.54, 1.807) is 12.0 Å². The smallest absolute Gasteiger partial charge is 0.233 e. The summed E-state index contributed by atoms with van der Waals surface area (Å²) in [6.07, 6.45) is 0. The fraction of sp³-hybridized carbons (Fsp3) is 0.250. The molecule has 5 nitrogen and oxygen atoms in total. The van der Waals surface area contributed by atoms with Crippen molar-refractivity contribution in [1.82, 2.24) is 14.9 Å². The number of carbonyl (C=O) groups excluding carboxylic acids is 1. The lowest BCUT2D eigenvalue weighted by Gasteiger charge is -2.17. The van der Waals surface area contributed by atoms with Crippen LogP contribution in [0.2, 0.25) is 0 Å². The molecule has 0 saturated heterocycles. The molecule has 0 aliphatic rings. The largest absolute Gasteiger partial charge is 0.497 e. The standard InChI is InChI=1S/C20H21N3O2S/c1-14-21-18-10-5-4-9-17(18)20(22-14)26-13-19(24)23(2)12-15-7-6-8-16(11-15)25-3/h4-11H,12-13H2,1-3H3. The molecule has 0 N–H and O–H groups in total. The molecule has 26 heavy (non-hydrogen) atoms. The molecule has 0 aliphatic carbocycles. The van der Waals surface area contributed by atoms with Crippen LogP contribution in [0.5, 0.6) is 5.75 Å². The van der Waals surface area contributed by atoms with Crippen LogP contribution in [0.3, 0.4) is 0 Å². The minimum atomic E-state index is 0.0539. The molecule has 0 aliphatic heterocycles. The Morgan fingerprint density at radius 2 is 1.96 bits per heavy atom. The summed E-state index contributed by atoms with van der Waals surface area (Å²) in [4.78, 5) is 23.2. The Bertz CT molecular complexity index is 930. The van der Waals surface area contributed by atoms with Gasteiger partial charge in [-0.05, 0) is 30.7 Å². The number of benzene rings is 2. The third-order valence-corrected chi connectivity index (χ3v) is 4.97. The van der Waals surface area contributed by atoms with E-state index >= 15 is 0 Å². The van der Waals surface area contributed by atoms with Gasteiger partial charge in [0, 0.05) is 19.0 Å². The van der Waals surface area contributed by atoms with Crippen molar-refractivity contribution in [3.8, 4) is 5.75 Å². The molecule has 3 aromatic rings. The molecule has 0 unspecified atom stereocenters. The van der Waals surface area contributed by atoms with Gasteiger partial charge in [-0.25, -0.2) is 9.97 Å². The summed E-state index contributed by atoms with van der Waals surface area (Å²) in [5, 5.41) is 1.82. The average Bonchev–Trinajstić information content (AvgIpc) is 2.65. The van der Waals surface area contributed by atoms with Crippen LogP contribution in [0, 0.1) is 6.92 Å². The van der Waals surface area contributed by atoms with Gasteiger partial charge >= 0.3 is 0 Å². The van der Waals surface area contributed by atoms with Gasteiger partial charge in [-0.15, -0.1) is 0 Å². The lowest BCUT2D eigenvalue weighted by molar-refractivity contribution is -0.127. The first-order valence-corrected chi connectivity index (χ1v) is 9.28. The predicted octanol–water partition coefficient (Wildman–Crippen LogP) is 3.70. The Hall–Kier alpha value is -2.60. The van der Waals surface area contributed by atoms with E-state index in [9.17, 15) is 4.79 Å². The number of amides is 1. The summed E-state index contributed by atoms with van der Waals surface area (Å²) in [5.74, 6) is 1.89. The van der Waals surface area contributed by atoms with Gasteiger partial charge in [0.1, 0.15) is 16.6 Å². The highest BCUT2D eigenvalue weighted by atomic mass is 32.2. The van der Waals surface area contributed by atoms with Crippen LogP contribution in [0.1, 0.15) is 11.4 Å². The van der Waals surface area contributed by atoms with E-state index in [0.717, 1.165) is 27.2 Å². The average molecular weight is 367 g/mol. The maximum atomic E-state index is 12.5. The highest BCUT2D eigenvalue weighted by Gasteiger charge is 2.13. The van der Waals surface area contributed by atoms with Crippen molar-refractivity contribution in [3.05, 3.63) is 59.9 Å². The van der Waals surface area contributed by atoms with E-state index in [0.29, 0.717) is 18.1 Å². The van der Waals surface area contributed by atoms with E-state index < -0.39 is 0 Å². The molecule has 0 fully saturated rings. The van der Waals surface area contributed by atoms with Crippen molar-refractivity contribution in [2.24, 2.45) is 0 Å². The van der Waals surface area contributed by atoms with Crippen molar-refractivity contribution >= 4 is 28.6 Å². The highest BCUT2D eigenvalue weighted by molar-refractivity contribution is 8.00. The first-order chi connectivity index (χ1) is 12.6. The molecule has 2 aromatic carbocycles. The van der Waals surface area contributed by atoms with Crippen LogP contribution in [0.4, 0.5) is 0 Å². The van der Waals surface area contributed by atoms with Crippen LogP contribution in [0.15, 0.2) is 53.6 Å². The molecule has 0 bridgehead atoms. The number of fused-ring (bicyclic) bond motifs is 1. The Morgan fingerprint density at radius 1 is 1.15 bits per heavy atom. The Labute approximate surface area is 157 Å². The molecule has 3 rings (SSSR count). The molecule has 0 saturated carbocycles. The lowest BCUT2D eigenvalue weighted by atomic mass is 10.2. The molecule has 6 heteroatoms. The highest BCUT2D eigenvalue weighted by Crippen LogP contribution is 2.25. The second kappa shape index (κ2) is 8.19. The summed E-state index contributed by atoms with van der Waals surface area (Å²) in [6.45, 7) is 2.41. The molecule has 1 amide bonds. The van der Waals surface area contributed by atoms with Gasteiger partial charge in [0.25, 0.3) is 0 Å². The lowest BCUT2D eigenvalue weighted by Crippen LogP contribution is -2.27. The number of hydrogen-bond donors (Lipinski definition) is 0. The number of thioether (sulfide) groups is 1. The molecular weight excluding hydrogens is 346 g/mol. The molecule has 134 valence electrons. The van der Waals surface area contributed by atoms with Gasteiger partial charge in [0.15, 0.2) is 0 Å². The molecule has 0 atom stereocenters. The number of hydrogen-bond acceptors (Lipinski definition) is 5. The molecular formula is C20H21N3O2S. The summed E-state index contributed by atoms with van der Waals surface area (Å²) < 4.78 is 5.23. The zero-order valence-electron chi connectivity index (χ0n) is 15.1. The van der Waals surface area contributed by atoms with Gasteiger partial charge in [0.2, 0.25) is 5.91 Å². The van der Waals surface area contributed by atoms with E-state index in [1.807, 2.05) is 62.5 Å². The first kappa shape index (κ1) is 18.2. The summed E-state index contributed by atoms with van der Waals surface area (Å²) in [6, 6.07) is 15.6. The van der Waals surface area contributed by atoms with E-state index in [-0.39, 0.29) is 5.91 Å². The number of ether oxygens (including phenoxy) is 1. The number of nitrogens with zero attached hydrogens (tertiary/aromatic N) is 3. The van der Waals surface area contributed by atoms with Crippen LogP contribution < -0.4 is 4.74 Å². The second-order valence-corrected chi connectivity index (χ2v) is 6.95. The summed E-state index contributed by atoms with van der Waals surface area (Å²) in [5.41, 5.74) is 1.94. The number of carbonyl (C=O) groups is 1. The van der Waals surface area contributed by atoms with E-state index in [2.05, 4.69) is 9.97 Å². The van der Waals surface area contributed by atoms with Crippen LogP contribution in [-0.2, 0) is 11.3 Å². The van der Waals surface area contributed by atoms with E-state index in [4.69, 9.17) is 4.74 Å². The fourth-order valence-electron chi connectivity index (χ4n) is 2.64.